The maximum atomic E-state index is 12.7. The van der Waals surface area contributed by atoms with Crippen molar-refractivity contribution >= 4 is 29.4 Å². The van der Waals surface area contributed by atoms with Gasteiger partial charge in [-0.1, -0.05) is 17.1 Å². The van der Waals surface area contributed by atoms with Gasteiger partial charge in [0.1, 0.15) is 11.9 Å². The molecule has 3 amide bonds. The lowest BCUT2D eigenvalue weighted by atomic mass is 10.1. The summed E-state index contributed by atoms with van der Waals surface area (Å²) in [5.74, 6) is 0.930. The number of carbonyl (C=O) groups excluding carboxylic acids is 2. The van der Waals surface area contributed by atoms with E-state index in [4.69, 9.17) is 0 Å². The molecule has 1 atom stereocenters. The number of likely N-dealkylation sites (N-methyl/N-ethyl adjacent to an activating group) is 2. The summed E-state index contributed by atoms with van der Waals surface area (Å²) in [6.07, 6.45) is 1.93. The standard InChI is InChI=1S/C20H25N6O2/c1-12-7-6-8-15(14(12)3)21-9-10-25-13(2)11-26-16-17(22-19(25)26)23(4)20(28)24(5)18(16)27/h6-8,11,16,21H,9-10H2,1-5H3/q+1. The molecule has 2 aliphatic heterocycles. The van der Waals surface area contributed by atoms with Crippen molar-refractivity contribution in [1.29, 1.82) is 0 Å². The predicted octanol–water partition coefficient (Wildman–Crippen LogP) is 1.92. The molecule has 8 nitrogen and oxygen atoms in total. The fraction of sp³-hybridized carbons (Fsp3) is 0.400. The van der Waals surface area contributed by atoms with E-state index in [0.717, 1.165) is 22.8 Å². The van der Waals surface area contributed by atoms with Gasteiger partial charge in [0.15, 0.2) is 0 Å². The zero-order chi connectivity index (χ0) is 20.2. The first-order valence-corrected chi connectivity index (χ1v) is 9.36. The SMILES string of the molecule is Cc1cccc(NCCn2c(C)c[n+]3c2N=C2C3C(=O)N(C)C(=O)N2C)c1C. The number of benzene rings is 1. The number of rotatable bonds is 4. The zero-order valence-electron chi connectivity index (χ0n) is 16.9. The number of nitrogens with one attached hydrogen (secondary N) is 1. The summed E-state index contributed by atoms with van der Waals surface area (Å²) in [5.41, 5.74) is 4.64. The van der Waals surface area contributed by atoms with Gasteiger partial charge in [-0.2, -0.15) is 0 Å². The Kier molecular flexibility index (Phi) is 4.21. The van der Waals surface area contributed by atoms with E-state index in [1.54, 1.807) is 7.05 Å². The van der Waals surface area contributed by atoms with Crippen LogP contribution in [0.1, 0.15) is 22.9 Å². The lowest BCUT2D eigenvalue weighted by Crippen LogP contribution is -2.61. The highest BCUT2D eigenvalue weighted by Crippen LogP contribution is 2.28. The highest BCUT2D eigenvalue weighted by atomic mass is 16.2. The Morgan fingerprint density at radius 1 is 1.14 bits per heavy atom. The molecular weight excluding hydrogens is 356 g/mol. The summed E-state index contributed by atoms with van der Waals surface area (Å²) in [4.78, 5) is 32.1. The van der Waals surface area contributed by atoms with Gasteiger partial charge < -0.3 is 5.32 Å². The predicted molar refractivity (Wildman–Crippen MR) is 106 cm³/mol. The molecular formula is C20H25N6O2+. The molecule has 146 valence electrons. The fourth-order valence-corrected chi connectivity index (χ4v) is 3.83. The molecule has 2 aromatic rings. The highest BCUT2D eigenvalue weighted by Gasteiger charge is 2.52. The molecule has 1 fully saturated rings. The first-order valence-electron chi connectivity index (χ1n) is 9.36. The summed E-state index contributed by atoms with van der Waals surface area (Å²) >= 11 is 0. The number of fused-ring (bicyclic) bond motifs is 3. The van der Waals surface area contributed by atoms with Gasteiger partial charge in [-0.25, -0.2) is 13.9 Å². The minimum atomic E-state index is -0.574. The Bertz CT molecular complexity index is 1020. The summed E-state index contributed by atoms with van der Waals surface area (Å²) in [6, 6.07) is 5.29. The van der Waals surface area contributed by atoms with Crippen LogP contribution in [0.2, 0.25) is 0 Å². The normalized spacial score (nSPS) is 18.3. The number of aryl methyl sites for hydroxylation is 2. The molecule has 8 heteroatoms. The van der Waals surface area contributed by atoms with Gasteiger partial charge in [-0.3, -0.25) is 14.6 Å². The number of urea groups is 1. The van der Waals surface area contributed by atoms with Crippen LogP contribution >= 0.6 is 0 Å². The van der Waals surface area contributed by atoms with Gasteiger partial charge in [-0.05, 0) is 38.0 Å². The smallest absolute Gasteiger partial charge is 0.382 e. The van der Waals surface area contributed by atoms with Crippen LogP contribution in [0.3, 0.4) is 0 Å². The molecule has 0 aliphatic carbocycles. The van der Waals surface area contributed by atoms with Crippen LogP contribution in [0.15, 0.2) is 29.4 Å². The van der Waals surface area contributed by atoms with E-state index in [-0.39, 0.29) is 11.9 Å². The van der Waals surface area contributed by atoms with E-state index >= 15 is 0 Å². The number of aliphatic imine (C=N–C) groups is 1. The van der Waals surface area contributed by atoms with Crippen molar-refractivity contribution in [3.8, 4) is 0 Å². The number of carbonyl (C=O) groups is 2. The highest BCUT2D eigenvalue weighted by molar-refractivity contribution is 6.18. The van der Waals surface area contributed by atoms with Gasteiger partial charge in [0.25, 0.3) is 5.91 Å². The molecule has 1 aromatic carbocycles. The number of anilines is 1. The van der Waals surface area contributed by atoms with Crippen molar-refractivity contribution in [2.45, 2.75) is 33.4 Å². The van der Waals surface area contributed by atoms with Crippen LogP contribution in [0.4, 0.5) is 16.4 Å². The van der Waals surface area contributed by atoms with E-state index < -0.39 is 6.04 Å². The number of nitrogens with zero attached hydrogens (tertiary/aromatic N) is 5. The number of imide groups is 1. The monoisotopic (exact) mass is 381 g/mol. The van der Waals surface area contributed by atoms with Gasteiger partial charge in [-0.15, -0.1) is 0 Å². The Labute approximate surface area is 164 Å². The molecule has 1 N–H and O–H groups in total. The van der Waals surface area contributed by atoms with Crippen molar-refractivity contribution in [3.63, 3.8) is 0 Å². The summed E-state index contributed by atoms with van der Waals surface area (Å²) in [5, 5.41) is 3.49. The van der Waals surface area contributed by atoms with E-state index in [0.29, 0.717) is 18.3 Å². The minimum absolute atomic E-state index is 0.253. The molecule has 2 aliphatic rings. The Hall–Kier alpha value is -3.16. The Morgan fingerprint density at radius 2 is 1.89 bits per heavy atom. The summed E-state index contributed by atoms with van der Waals surface area (Å²) < 4.78 is 3.94. The molecule has 0 radical (unpaired) electrons. The van der Waals surface area contributed by atoms with Crippen LogP contribution in [0, 0.1) is 20.8 Å². The second-order valence-corrected chi connectivity index (χ2v) is 7.42. The van der Waals surface area contributed by atoms with Crippen molar-refractivity contribution < 1.29 is 14.2 Å². The number of imidazole rings is 1. The topological polar surface area (TPSA) is 73.8 Å². The van der Waals surface area contributed by atoms with Crippen molar-refractivity contribution in [2.24, 2.45) is 4.99 Å². The molecule has 1 saturated heterocycles. The van der Waals surface area contributed by atoms with Crippen LogP contribution < -0.4 is 9.88 Å². The number of hydrogen-bond donors (Lipinski definition) is 1. The Morgan fingerprint density at radius 3 is 2.64 bits per heavy atom. The van der Waals surface area contributed by atoms with E-state index in [9.17, 15) is 9.59 Å². The van der Waals surface area contributed by atoms with Gasteiger partial charge >= 0.3 is 12.0 Å². The van der Waals surface area contributed by atoms with E-state index in [2.05, 4.69) is 40.9 Å². The number of amidine groups is 1. The molecule has 0 bridgehead atoms. The van der Waals surface area contributed by atoms with Gasteiger partial charge in [0.05, 0.1) is 6.54 Å². The second kappa shape index (κ2) is 6.47. The molecule has 4 rings (SSSR count). The van der Waals surface area contributed by atoms with Crippen LogP contribution in [0.5, 0.6) is 0 Å². The molecule has 1 aromatic heterocycles. The second-order valence-electron chi connectivity index (χ2n) is 7.42. The van der Waals surface area contributed by atoms with Gasteiger partial charge in [0.2, 0.25) is 11.9 Å². The molecule has 28 heavy (non-hydrogen) atoms. The number of aromatic nitrogens is 2. The summed E-state index contributed by atoms with van der Waals surface area (Å²) in [6.45, 7) is 7.64. The van der Waals surface area contributed by atoms with E-state index in [1.165, 1.54) is 23.1 Å². The van der Waals surface area contributed by atoms with Crippen molar-refractivity contribution in [1.82, 2.24) is 14.4 Å². The molecule has 1 unspecified atom stereocenters. The van der Waals surface area contributed by atoms with Gasteiger partial charge in [0, 0.05) is 26.3 Å². The lowest BCUT2D eigenvalue weighted by Gasteiger charge is -2.30. The fourth-order valence-electron chi connectivity index (χ4n) is 3.83. The van der Waals surface area contributed by atoms with E-state index in [1.807, 2.05) is 23.8 Å². The largest absolute Gasteiger partial charge is 0.401 e. The van der Waals surface area contributed by atoms with Crippen LogP contribution in [-0.4, -0.2) is 52.8 Å². The molecule has 0 spiro atoms. The average Bonchev–Trinajstić information content (AvgIpc) is 3.17. The lowest BCUT2D eigenvalue weighted by molar-refractivity contribution is -0.677. The first kappa shape index (κ1) is 18.2. The van der Waals surface area contributed by atoms with Crippen molar-refractivity contribution in [3.05, 3.63) is 41.2 Å². The number of amides is 3. The van der Waals surface area contributed by atoms with Crippen molar-refractivity contribution in [2.75, 3.05) is 26.0 Å². The van der Waals surface area contributed by atoms with Crippen LogP contribution in [0.25, 0.3) is 0 Å². The minimum Gasteiger partial charge on any atom is -0.382 e. The third-order valence-electron chi connectivity index (χ3n) is 5.70. The maximum absolute atomic E-state index is 12.7. The number of hydrogen-bond acceptors (Lipinski definition) is 4. The van der Waals surface area contributed by atoms with Crippen LogP contribution in [-0.2, 0) is 11.3 Å². The first-order chi connectivity index (χ1) is 13.3. The quantitative estimate of drug-likeness (QED) is 0.823. The maximum Gasteiger partial charge on any atom is 0.401 e. The molecule has 0 saturated carbocycles. The molecule has 3 heterocycles. The Balaban J connectivity index is 1.59. The average molecular weight is 381 g/mol. The summed E-state index contributed by atoms with van der Waals surface area (Å²) in [7, 11) is 3.16. The third kappa shape index (κ3) is 2.59. The zero-order valence-corrected chi connectivity index (χ0v) is 16.9. The third-order valence-corrected chi connectivity index (χ3v) is 5.70.